The molecule has 0 aliphatic rings. The Kier molecular flexibility index (Phi) is 5.33. The van der Waals surface area contributed by atoms with Crippen molar-refractivity contribution in [1.29, 1.82) is 0 Å². The van der Waals surface area contributed by atoms with Crippen molar-refractivity contribution in [2.75, 3.05) is 4.90 Å². The largest absolute Gasteiger partial charge is 0.433 e. The van der Waals surface area contributed by atoms with Crippen LogP contribution in [0.15, 0.2) is 120 Å². The second kappa shape index (κ2) is 8.74. The van der Waals surface area contributed by atoms with E-state index in [-0.39, 0.29) is 11.7 Å². The van der Waals surface area contributed by atoms with E-state index in [1.807, 2.05) is 78.9 Å². The highest BCUT2D eigenvalue weighted by atomic mass is 16.4. The Bertz CT molecular complexity index is 1300. The van der Waals surface area contributed by atoms with Crippen LogP contribution in [0.1, 0.15) is 16.2 Å². The summed E-state index contributed by atoms with van der Waals surface area (Å²) in [6.45, 7) is 0. The number of allylic oxidation sites excluding steroid dienone is 1. The van der Waals surface area contributed by atoms with Gasteiger partial charge >= 0.3 is 0 Å². The van der Waals surface area contributed by atoms with E-state index in [2.05, 4.69) is 34.1 Å². The molecule has 0 unspecified atom stereocenters. The van der Waals surface area contributed by atoms with Gasteiger partial charge in [0.05, 0.1) is 0 Å². The van der Waals surface area contributed by atoms with Gasteiger partial charge in [-0.25, -0.2) is 4.98 Å². The Hall–Kier alpha value is -4.44. The van der Waals surface area contributed by atoms with Gasteiger partial charge in [-0.05, 0) is 60.2 Å². The van der Waals surface area contributed by atoms with E-state index >= 15 is 0 Å². The van der Waals surface area contributed by atoms with Crippen molar-refractivity contribution < 1.29 is 9.21 Å². The van der Waals surface area contributed by atoms with Gasteiger partial charge in [0.15, 0.2) is 5.58 Å². The summed E-state index contributed by atoms with van der Waals surface area (Å²) in [5.41, 5.74) is 5.39. The number of hydrogen-bond donors (Lipinski definition) is 0. The van der Waals surface area contributed by atoms with E-state index in [1.165, 1.54) is 6.08 Å². The first-order valence-corrected chi connectivity index (χ1v) is 10.4. The van der Waals surface area contributed by atoms with Crippen molar-refractivity contribution in [2.45, 2.75) is 0 Å². The highest BCUT2D eigenvalue weighted by Gasteiger charge is 2.12. The average Bonchev–Trinajstić information content (AvgIpc) is 3.29. The normalized spacial score (nSPS) is 11.1. The van der Waals surface area contributed by atoms with Gasteiger partial charge in [-0.3, -0.25) is 4.79 Å². The number of ketones is 1. The molecule has 4 aromatic carbocycles. The summed E-state index contributed by atoms with van der Waals surface area (Å²) in [5, 5.41) is 0. The van der Waals surface area contributed by atoms with Crippen LogP contribution in [0.5, 0.6) is 0 Å². The van der Waals surface area contributed by atoms with Gasteiger partial charge in [0.25, 0.3) is 5.89 Å². The predicted octanol–water partition coefficient (Wildman–Crippen LogP) is 7.19. The van der Waals surface area contributed by atoms with Crippen LogP contribution in [-0.2, 0) is 0 Å². The van der Waals surface area contributed by atoms with E-state index in [4.69, 9.17) is 4.42 Å². The smallest absolute Gasteiger partial charge is 0.268 e. The first-order chi connectivity index (χ1) is 15.8. The lowest BCUT2D eigenvalue weighted by Gasteiger charge is -2.25. The van der Waals surface area contributed by atoms with Gasteiger partial charge in [0.2, 0.25) is 5.78 Å². The van der Waals surface area contributed by atoms with Gasteiger partial charge in [0.1, 0.15) is 5.52 Å². The molecule has 0 radical (unpaired) electrons. The third-order valence-corrected chi connectivity index (χ3v) is 5.11. The minimum Gasteiger partial charge on any atom is -0.433 e. The summed E-state index contributed by atoms with van der Waals surface area (Å²) in [6.07, 6.45) is 3.27. The molecular formula is C28H20N2O2. The fourth-order valence-electron chi connectivity index (χ4n) is 3.56. The molecule has 1 aromatic heterocycles. The van der Waals surface area contributed by atoms with Crippen molar-refractivity contribution in [3.8, 4) is 0 Å². The molecule has 0 bridgehead atoms. The third-order valence-electron chi connectivity index (χ3n) is 5.11. The molecule has 0 N–H and O–H groups in total. The van der Waals surface area contributed by atoms with Crippen LogP contribution in [-0.4, -0.2) is 10.8 Å². The minimum absolute atomic E-state index is 0.0957. The summed E-state index contributed by atoms with van der Waals surface area (Å²) >= 11 is 0. The SMILES string of the molecule is O=C(/C=C/c1ccc(N(c2ccccc2)c2ccccc2)cc1)c1nc2ccccc2o1. The zero-order chi connectivity index (χ0) is 21.8. The number of oxazole rings is 1. The lowest BCUT2D eigenvalue weighted by molar-refractivity contribution is 0.101. The van der Waals surface area contributed by atoms with Gasteiger partial charge < -0.3 is 9.32 Å². The van der Waals surface area contributed by atoms with E-state index in [9.17, 15) is 4.79 Å². The first kappa shape index (κ1) is 19.5. The summed E-state index contributed by atoms with van der Waals surface area (Å²) in [4.78, 5) is 18.9. The molecule has 0 aliphatic heterocycles. The maximum Gasteiger partial charge on any atom is 0.268 e. The van der Waals surface area contributed by atoms with Gasteiger partial charge in [-0.2, -0.15) is 0 Å². The Balaban J connectivity index is 1.39. The molecule has 4 nitrogen and oxygen atoms in total. The fourth-order valence-corrected chi connectivity index (χ4v) is 3.56. The fraction of sp³-hybridized carbons (Fsp3) is 0. The molecule has 0 aliphatic carbocycles. The van der Waals surface area contributed by atoms with E-state index < -0.39 is 0 Å². The Morgan fingerprint density at radius 2 is 1.25 bits per heavy atom. The van der Waals surface area contributed by atoms with E-state index in [0.717, 1.165) is 22.6 Å². The van der Waals surface area contributed by atoms with E-state index in [0.29, 0.717) is 11.1 Å². The second-order valence-corrected chi connectivity index (χ2v) is 7.28. The zero-order valence-electron chi connectivity index (χ0n) is 17.3. The molecule has 0 saturated carbocycles. The molecule has 5 aromatic rings. The molecule has 4 heteroatoms. The number of nitrogens with zero attached hydrogens (tertiary/aromatic N) is 2. The van der Waals surface area contributed by atoms with E-state index in [1.54, 1.807) is 12.1 Å². The summed E-state index contributed by atoms with van der Waals surface area (Å²) < 4.78 is 5.55. The molecule has 32 heavy (non-hydrogen) atoms. The maximum atomic E-state index is 12.5. The average molecular weight is 416 g/mol. The Morgan fingerprint density at radius 1 is 0.688 bits per heavy atom. The topological polar surface area (TPSA) is 46.3 Å². The number of hydrogen-bond acceptors (Lipinski definition) is 4. The highest BCUT2D eigenvalue weighted by Crippen LogP contribution is 2.34. The van der Waals surface area contributed by atoms with Crippen molar-refractivity contribution in [3.05, 3.63) is 127 Å². The Labute approximate surface area is 186 Å². The van der Waals surface area contributed by atoms with Crippen molar-refractivity contribution >= 4 is 40.0 Å². The number of benzene rings is 4. The monoisotopic (exact) mass is 416 g/mol. The molecule has 0 saturated heterocycles. The number of carbonyl (C=O) groups is 1. The van der Waals surface area contributed by atoms with Gasteiger partial charge in [-0.1, -0.05) is 66.7 Å². The van der Waals surface area contributed by atoms with Crippen LogP contribution in [0.25, 0.3) is 17.2 Å². The molecular weight excluding hydrogens is 396 g/mol. The molecule has 1 heterocycles. The number of anilines is 3. The Morgan fingerprint density at radius 3 is 1.88 bits per heavy atom. The van der Waals surface area contributed by atoms with Crippen LogP contribution >= 0.6 is 0 Å². The standard InChI is InChI=1S/C28H20N2O2/c31-26(28-29-25-13-7-8-14-27(25)32-28)20-17-21-15-18-24(19-16-21)30(22-9-3-1-4-10-22)23-11-5-2-6-12-23/h1-20H/b20-17+. The third kappa shape index (κ3) is 4.07. The lowest BCUT2D eigenvalue weighted by atomic mass is 10.1. The van der Waals surface area contributed by atoms with Crippen LogP contribution in [0, 0.1) is 0 Å². The number of rotatable bonds is 6. The van der Waals surface area contributed by atoms with Crippen LogP contribution in [0.4, 0.5) is 17.1 Å². The lowest BCUT2D eigenvalue weighted by Crippen LogP contribution is -2.09. The van der Waals surface area contributed by atoms with Crippen LogP contribution in [0.3, 0.4) is 0 Å². The number of carbonyl (C=O) groups excluding carboxylic acids is 1. The molecule has 0 amide bonds. The second-order valence-electron chi connectivity index (χ2n) is 7.28. The quantitative estimate of drug-likeness (QED) is 0.217. The van der Waals surface area contributed by atoms with Crippen molar-refractivity contribution in [2.24, 2.45) is 0 Å². The highest BCUT2D eigenvalue weighted by molar-refractivity contribution is 6.04. The molecule has 0 fully saturated rings. The summed E-state index contributed by atoms with van der Waals surface area (Å²) in [5.74, 6) is -0.168. The number of aromatic nitrogens is 1. The van der Waals surface area contributed by atoms with Crippen molar-refractivity contribution in [1.82, 2.24) is 4.98 Å². The number of para-hydroxylation sites is 4. The van der Waals surface area contributed by atoms with Crippen LogP contribution < -0.4 is 4.90 Å². The predicted molar refractivity (Wildman–Crippen MR) is 128 cm³/mol. The molecule has 5 rings (SSSR count). The number of fused-ring (bicyclic) bond motifs is 1. The molecule has 0 spiro atoms. The maximum absolute atomic E-state index is 12.5. The molecule has 0 atom stereocenters. The summed E-state index contributed by atoms with van der Waals surface area (Å²) in [7, 11) is 0. The molecule has 154 valence electrons. The van der Waals surface area contributed by atoms with Gasteiger partial charge in [0, 0.05) is 17.1 Å². The zero-order valence-corrected chi connectivity index (χ0v) is 17.3. The minimum atomic E-state index is -0.263. The van der Waals surface area contributed by atoms with Crippen LogP contribution in [0.2, 0.25) is 0 Å². The summed E-state index contributed by atoms with van der Waals surface area (Å²) in [6, 6.07) is 35.9. The van der Waals surface area contributed by atoms with Gasteiger partial charge in [-0.15, -0.1) is 0 Å². The first-order valence-electron chi connectivity index (χ1n) is 10.4. The van der Waals surface area contributed by atoms with Crippen molar-refractivity contribution in [3.63, 3.8) is 0 Å².